The van der Waals surface area contributed by atoms with Gasteiger partial charge in [-0.1, -0.05) is 11.8 Å². The van der Waals surface area contributed by atoms with Crippen LogP contribution in [0.5, 0.6) is 11.5 Å². The number of rotatable bonds is 2. The van der Waals surface area contributed by atoms with Crippen molar-refractivity contribution < 1.29 is 19.0 Å². The molecule has 0 saturated carbocycles. The molecule has 100 valence electrons. The molecule has 2 heterocycles. The highest BCUT2D eigenvalue weighted by atomic mass is 32.2. The van der Waals surface area contributed by atoms with Crippen LogP contribution in [-0.2, 0) is 0 Å². The highest BCUT2D eigenvalue weighted by Gasteiger charge is 2.17. The number of hydrogen-bond acceptors (Lipinski definition) is 7. The summed E-state index contributed by atoms with van der Waals surface area (Å²) in [5.41, 5.74) is -1.58. The molecule has 0 aliphatic rings. The van der Waals surface area contributed by atoms with E-state index in [1.165, 1.54) is 26.0 Å². The zero-order valence-corrected chi connectivity index (χ0v) is 10.9. The molecule has 0 radical (unpaired) electrons. The maximum Gasteiger partial charge on any atom is 0.353 e. The topological polar surface area (TPSA) is 101 Å². The van der Waals surface area contributed by atoms with Crippen LogP contribution in [0, 0.1) is 13.8 Å². The Labute approximate surface area is 111 Å². The first kappa shape index (κ1) is 13.3. The van der Waals surface area contributed by atoms with E-state index in [0.29, 0.717) is 11.8 Å². The van der Waals surface area contributed by atoms with Gasteiger partial charge in [0.15, 0.2) is 0 Å². The van der Waals surface area contributed by atoms with Gasteiger partial charge in [0.1, 0.15) is 32.8 Å². The van der Waals surface area contributed by atoms with Crippen LogP contribution >= 0.6 is 11.8 Å². The van der Waals surface area contributed by atoms with Crippen molar-refractivity contribution in [2.75, 3.05) is 0 Å². The molecule has 2 N–H and O–H groups in total. The second-order valence-electron chi connectivity index (χ2n) is 3.82. The van der Waals surface area contributed by atoms with E-state index in [1.807, 2.05) is 0 Å². The van der Waals surface area contributed by atoms with Gasteiger partial charge in [-0.2, -0.15) is 0 Å². The second-order valence-corrected chi connectivity index (χ2v) is 4.84. The van der Waals surface area contributed by atoms with Crippen molar-refractivity contribution in [2.45, 2.75) is 23.6 Å². The summed E-state index contributed by atoms with van der Waals surface area (Å²) < 4.78 is 9.63. The lowest BCUT2D eigenvalue weighted by atomic mass is 10.4. The van der Waals surface area contributed by atoms with Crippen LogP contribution in [0.15, 0.2) is 40.3 Å². The van der Waals surface area contributed by atoms with Gasteiger partial charge in [0.05, 0.1) is 0 Å². The Morgan fingerprint density at radius 1 is 0.895 bits per heavy atom. The summed E-state index contributed by atoms with van der Waals surface area (Å²) in [6.45, 7) is 3.01. The highest BCUT2D eigenvalue weighted by molar-refractivity contribution is 7.99. The Morgan fingerprint density at radius 2 is 1.26 bits per heavy atom. The minimum atomic E-state index is -0.790. The smallest absolute Gasteiger partial charge is 0.353 e. The van der Waals surface area contributed by atoms with Crippen molar-refractivity contribution in [1.82, 2.24) is 0 Å². The Hall–Kier alpha value is -2.15. The van der Waals surface area contributed by atoms with Crippen molar-refractivity contribution in [3.8, 4) is 11.5 Å². The molecule has 0 aliphatic heterocycles. The van der Waals surface area contributed by atoms with E-state index < -0.39 is 11.3 Å². The van der Waals surface area contributed by atoms with Gasteiger partial charge in [-0.25, -0.2) is 9.59 Å². The Balaban J connectivity index is 2.54. The summed E-state index contributed by atoms with van der Waals surface area (Å²) in [7, 11) is 0. The van der Waals surface area contributed by atoms with Gasteiger partial charge < -0.3 is 19.0 Å². The number of aromatic hydroxyl groups is 2. The van der Waals surface area contributed by atoms with Gasteiger partial charge >= 0.3 is 11.3 Å². The van der Waals surface area contributed by atoms with Crippen molar-refractivity contribution in [3.63, 3.8) is 0 Å². The Kier molecular flexibility index (Phi) is 3.39. The molecule has 0 aromatic carbocycles. The van der Waals surface area contributed by atoms with E-state index in [4.69, 9.17) is 8.83 Å². The van der Waals surface area contributed by atoms with Crippen LogP contribution in [0.3, 0.4) is 0 Å². The van der Waals surface area contributed by atoms with Crippen molar-refractivity contribution >= 4 is 11.8 Å². The lowest BCUT2D eigenvalue weighted by Gasteiger charge is -2.04. The van der Waals surface area contributed by atoms with Crippen LogP contribution in [0.25, 0.3) is 0 Å². The zero-order chi connectivity index (χ0) is 14.2. The molecule has 2 aromatic heterocycles. The summed E-state index contributed by atoms with van der Waals surface area (Å²) in [4.78, 5) is 22.8. The molecule has 0 spiro atoms. The molecular formula is C12H10O6S. The minimum Gasteiger partial charge on any atom is -0.506 e. The third-order valence-electron chi connectivity index (χ3n) is 2.23. The predicted molar refractivity (Wildman–Crippen MR) is 66.9 cm³/mol. The molecule has 0 atom stereocenters. The van der Waals surface area contributed by atoms with E-state index in [2.05, 4.69) is 0 Å². The third kappa shape index (κ3) is 2.65. The van der Waals surface area contributed by atoms with Gasteiger partial charge in [0, 0.05) is 12.1 Å². The van der Waals surface area contributed by atoms with Gasteiger partial charge in [0.2, 0.25) is 0 Å². The first-order valence-corrected chi connectivity index (χ1v) is 6.05. The molecule has 0 unspecified atom stereocenters. The molecule has 2 rings (SSSR count). The first-order chi connectivity index (χ1) is 8.88. The van der Waals surface area contributed by atoms with Crippen molar-refractivity contribution in [2.24, 2.45) is 0 Å². The molecule has 0 aliphatic carbocycles. The summed E-state index contributed by atoms with van der Waals surface area (Å²) in [6.07, 6.45) is 0. The van der Waals surface area contributed by atoms with Crippen LogP contribution in [-0.4, -0.2) is 10.2 Å². The third-order valence-corrected chi connectivity index (χ3v) is 3.39. The molecule has 6 nitrogen and oxygen atoms in total. The molecular weight excluding hydrogens is 272 g/mol. The molecule has 2 aromatic rings. The predicted octanol–water partition coefficient (Wildman–Crippen LogP) is 1.77. The summed E-state index contributed by atoms with van der Waals surface area (Å²) in [5.74, 6) is -0.157. The standard InChI is InChI=1S/C12H10O6S/c1-5-3-7(13)9(11(15)17-5)19-10-8(14)4-6(2)18-12(10)16/h3-4,13-14H,1-2H3. The van der Waals surface area contributed by atoms with Gasteiger partial charge in [0.25, 0.3) is 0 Å². The Bertz CT molecular complexity index is 679. The monoisotopic (exact) mass is 282 g/mol. The fourth-order valence-corrected chi connectivity index (χ4v) is 2.24. The lowest BCUT2D eigenvalue weighted by Crippen LogP contribution is -2.07. The normalized spacial score (nSPS) is 10.6. The van der Waals surface area contributed by atoms with E-state index in [1.54, 1.807) is 0 Å². The van der Waals surface area contributed by atoms with E-state index in [-0.39, 0.29) is 32.8 Å². The summed E-state index contributed by atoms with van der Waals surface area (Å²) in [5, 5.41) is 19.3. The first-order valence-electron chi connectivity index (χ1n) is 5.23. The van der Waals surface area contributed by atoms with E-state index in [9.17, 15) is 19.8 Å². The molecule has 0 amide bonds. The molecule has 0 bridgehead atoms. The van der Waals surface area contributed by atoms with Gasteiger partial charge in [-0.3, -0.25) is 0 Å². The van der Waals surface area contributed by atoms with Gasteiger partial charge in [-0.15, -0.1) is 0 Å². The van der Waals surface area contributed by atoms with E-state index in [0.717, 1.165) is 0 Å². The lowest BCUT2D eigenvalue weighted by molar-refractivity contribution is 0.407. The van der Waals surface area contributed by atoms with E-state index >= 15 is 0 Å². The van der Waals surface area contributed by atoms with Crippen LogP contribution in [0.1, 0.15) is 11.5 Å². The fourth-order valence-electron chi connectivity index (χ4n) is 1.46. The maximum atomic E-state index is 11.6. The quantitative estimate of drug-likeness (QED) is 0.865. The SMILES string of the molecule is Cc1cc(O)c(Sc2c(O)cc(C)oc2=O)c(=O)o1. The average Bonchev–Trinajstić information content (AvgIpc) is 2.25. The molecule has 7 heteroatoms. The largest absolute Gasteiger partial charge is 0.506 e. The average molecular weight is 282 g/mol. The highest BCUT2D eigenvalue weighted by Crippen LogP contribution is 2.34. The second kappa shape index (κ2) is 4.85. The number of hydrogen-bond donors (Lipinski definition) is 2. The summed E-state index contributed by atoms with van der Waals surface area (Å²) in [6, 6.07) is 2.49. The Morgan fingerprint density at radius 3 is 1.58 bits per heavy atom. The molecule has 0 saturated heterocycles. The van der Waals surface area contributed by atoms with Crippen molar-refractivity contribution in [3.05, 3.63) is 44.5 Å². The van der Waals surface area contributed by atoms with Crippen LogP contribution in [0.4, 0.5) is 0 Å². The maximum absolute atomic E-state index is 11.6. The van der Waals surface area contributed by atoms with Crippen LogP contribution < -0.4 is 11.3 Å². The molecule has 19 heavy (non-hydrogen) atoms. The fraction of sp³-hybridized carbons (Fsp3) is 0.167. The number of aryl methyl sites for hydroxylation is 2. The summed E-state index contributed by atoms with van der Waals surface area (Å²) >= 11 is 0.599. The van der Waals surface area contributed by atoms with Crippen LogP contribution in [0.2, 0.25) is 0 Å². The van der Waals surface area contributed by atoms with Crippen molar-refractivity contribution in [1.29, 1.82) is 0 Å². The van der Waals surface area contributed by atoms with Gasteiger partial charge in [-0.05, 0) is 13.8 Å². The minimum absolute atomic E-state index is 0.183. The molecule has 0 fully saturated rings. The zero-order valence-electron chi connectivity index (χ0n) is 10.1.